The predicted molar refractivity (Wildman–Crippen MR) is 69.1 cm³/mol. The highest BCUT2D eigenvalue weighted by molar-refractivity contribution is 9.10. The van der Waals surface area contributed by atoms with Gasteiger partial charge in [-0.05, 0) is 28.1 Å². The number of nitrogens with zero attached hydrogens (tertiary/aromatic N) is 1. The molecule has 5 heteroatoms. The topological polar surface area (TPSA) is 41.6 Å². The van der Waals surface area contributed by atoms with E-state index in [1.807, 2.05) is 29.2 Å². The van der Waals surface area contributed by atoms with Gasteiger partial charge in [-0.25, -0.2) is 0 Å². The zero-order valence-electron chi connectivity index (χ0n) is 9.49. The molecule has 0 aromatic heterocycles. The third-order valence-corrected chi connectivity index (χ3v) is 3.31. The highest BCUT2D eigenvalue weighted by Crippen LogP contribution is 2.23. The fourth-order valence-corrected chi connectivity index (χ4v) is 2.11. The summed E-state index contributed by atoms with van der Waals surface area (Å²) in [5, 5.41) is 3.21. The maximum absolute atomic E-state index is 11.8. The Morgan fingerprint density at radius 3 is 2.76 bits per heavy atom. The Morgan fingerprint density at radius 1 is 1.35 bits per heavy atom. The van der Waals surface area contributed by atoms with Gasteiger partial charge in [0.15, 0.2) is 6.61 Å². The Morgan fingerprint density at radius 2 is 2.06 bits per heavy atom. The third kappa shape index (κ3) is 3.44. The zero-order valence-corrected chi connectivity index (χ0v) is 11.1. The summed E-state index contributed by atoms with van der Waals surface area (Å²) in [6, 6.07) is 7.53. The summed E-state index contributed by atoms with van der Waals surface area (Å²) in [7, 11) is 0. The maximum Gasteiger partial charge on any atom is 0.260 e. The van der Waals surface area contributed by atoms with Gasteiger partial charge in [0, 0.05) is 26.2 Å². The first-order valence-corrected chi connectivity index (χ1v) is 6.42. The van der Waals surface area contributed by atoms with Crippen LogP contribution in [0, 0.1) is 0 Å². The van der Waals surface area contributed by atoms with Gasteiger partial charge < -0.3 is 15.0 Å². The lowest BCUT2D eigenvalue weighted by molar-refractivity contribution is -0.133. The van der Waals surface area contributed by atoms with Gasteiger partial charge >= 0.3 is 0 Å². The molecule has 1 aromatic carbocycles. The fourth-order valence-electron chi connectivity index (χ4n) is 1.71. The molecule has 2 rings (SSSR count). The average molecular weight is 299 g/mol. The lowest BCUT2D eigenvalue weighted by Gasteiger charge is -2.27. The van der Waals surface area contributed by atoms with Crippen molar-refractivity contribution in [3.63, 3.8) is 0 Å². The van der Waals surface area contributed by atoms with Crippen molar-refractivity contribution in [3.8, 4) is 5.75 Å². The fraction of sp³-hybridized carbons (Fsp3) is 0.417. The van der Waals surface area contributed by atoms with Crippen LogP contribution in [0.4, 0.5) is 0 Å². The SMILES string of the molecule is O=C(COc1ccccc1Br)N1CCNCC1. The Labute approximate surface area is 109 Å². The van der Waals surface area contributed by atoms with Crippen LogP contribution in [0.2, 0.25) is 0 Å². The van der Waals surface area contributed by atoms with E-state index in [0.29, 0.717) is 5.75 Å². The second-order valence-electron chi connectivity index (χ2n) is 3.85. The van der Waals surface area contributed by atoms with Gasteiger partial charge in [-0.3, -0.25) is 4.79 Å². The van der Waals surface area contributed by atoms with Crippen LogP contribution in [0.25, 0.3) is 0 Å². The van der Waals surface area contributed by atoms with Crippen molar-refractivity contribution in [2.45, 2.75) is 0 Å². The molecule has 92 valence electrons. The number of hydrogen-bond acceptors (Lipinski definition) is 3. The van der Waals surface area contributed by atoms with Crippen molar-refractivity contribution >= 4 is 21.8 Å². The number of rotatable bonds is 3. The van der Waals surface area contributed by atoms with E-state index in [-0.39, 0.29) is 12.5 Å². The Hall–Kier alpha value is -1.07. The first kappa shape index (κ1) is 12.4. The molecular weight excluding hydrogens is 284 g/mol. The normalized spacial score (nSPS) is 15.7. The third-order valence-electron chi connectivity index (χ3n) is 2.66. The minimum absolute atomic E-state index is 0.0438. The summed E-state index contributed by atoms with van der Waals surface area (Å²) >= 11 is 3.38. The summed E-state index contributed by atoms with van der Waals surface area (Å²) in [5.74, 6) is 0.748. The second-order valence-corrected chi connectivity index (χ2v) is 4.70. The summed E-state index contributed by atoms with van der Waals surface area (Å²) in [6.07, 6.45) is 0. The number of halogens is 1. The van der Waals surface area contributed by atoms with Crippen LogP contribution in [-0.2, 0) is 4.79 Å². The van der Waals surface area contributed by atoms with Crippen LogP contribution in [-0.4, -0.2) is 43.6 Å². The molecule has 0 aliphatic carbocycles. The smallest absolute Gasteiger partial charge is 0.260 e. The van der Waals surface area contributed by atoms with E-state index in [0.717, 1.165) is 30.7 Å². The van der Waals surface area contributed by atoms with Crippen molar-refractivity contribution in [1.29, 1.82) is 0 Å². The molecule has 1 amide bonds. The molecule has 4 nitrogen and oxygen atoms in total. The highest BCUT2D eigenvalue weighted by atomic mass is 79.9. The van der Waals surface area contributed by atoms with Crippen molar-refractivity contribution < 1.29 is 9.53 Å². The first-order valence-electron chi connectivity index (χ1n) is 5.63. The van der Waals surface area contributed by atoms with Crippen LogP contribution in [0.5, 0.6) is 5.75 Å². The largest absolute Gasteiger partial charge is 0.483 e. The van der Waals surface area contributed by atoms with E-state index in [9.17, 15) is 4.79 Å². The quantitative estimate of drug-likeness (QED) is 0.913. The van der Waals surface area contributed by atoms with E-state index < -0.39 is 0 Å². The molecule has 0 spiro atoms. The molecule has 0 saturated carbocycles. The van der Waals surface area contributed by atoms with Crippen LogP contribution in [0.1, 0.15) is 0 Å². The van der Waals surface area contributed by atoms with Gasteiger partial charge in [0.25, 0.3) is 5.91 Å². The van der Waals surface area contributed by atoms with Crippen molar-refractivity contribution in [2.75, 3.05) is 32.8 Å². The standard InChI is InChI=1S/C12H15BrN2O2/c13-10-3-1-2-4-11(10)17-9-12(16)15-7-5-14-6-8-15/h1-4,14H,5-9H2. The molecule has 1 aromatic rings. The maximum atomic E-state index is 11.8. The van der Waals surface area contributed by atoms with Gasteiger partial charge in [0.2, 0.25) is 0 Å². The predicted octanol–water partition coefficient (Wildman–Crippen LogP) is 1.26. The lowest BCUT2D eigenvalue weighted by atomic mass is 10.3. The number of nitrogens with one attached hydrogen (secondary N) is 1. The number of para-hydroxylation sites is 1. The number of benzene rings is 1. The highest BCUT2D eigenvalue weighted by Gasteiger charge is 2.16. The van der Waals surface area contributed by atoms with Crippen LogP contribution < -0.4 is 10.1 Å². The minimum atomic E-state index is 0.0438. The number of piperazine rings is 1. The molecule has 1 N–H and O–H groups in total. The van der Waals surface area contributed by atoms with E-state index in [1.54, 1.807) is 0 Å². The van der Waals surface area contributed by atoms with E-state index in [2.05, 4.69) is 21.2 Å². The Balaban J connectivity index is 1.85. The van der Waals surface area contributed by atoms with Gasteiger partial charge in [-0.1, -0.05) is 12.1 Å². The molecular formula is C12H15BrN2O2. The number of carbonyl (C=O) groups excluding carboxylic acids is 1. The number of carbonyl (C=O) groups is 1. The number of amides is 1. The Kier molecular flexibility index (Phi) is 4.39. The summed E-state index contributed by atoms with van der Waals surface area (Å²) < 4.78 is 6.36. The van der Waals surface area contributed by atoms with E-state index >= 15 is 0 Å². The molecule has 1 aliphatic rings. The number of hydrogen-bond donors (Lipinski definition) is 1. The summed E-state index contributed by atoms with van der Waals surface area (Å²) in [4.78, 5) is 13.7. The Bertz CT molecular complexity index is 392. The van der Waals surface area contributed by atoms with Gasteiger partial charge in [-0.2, -0.15) is 0 Å². The van der Waals surface area contributed by atoms with E-state index in [1.165, 1.54) is 0 Å². The van der Waals surface area contributed by atoms with Crippen LogP contribution >= 0.6 is 15.9 Å². The summed E-state index contributed by atoms with van der Waals surface area (Å²) in [6.45, 7) is 3.35. The van der Waals surface area contributed by atoms with Crippen molar-refractivity contribution in [3.05, 3.63) is 28.7 Å². The molecule has 1 heterocycles. The molecule has 0 atom stereocenters. The van der Waals surface area contributed by atoms with Gasteiger partial charge in [-0.15, -0.1) is 0 Å². The second kappa shape index (κ2) is 6.02. The minimum Gasteiger partial charge on any atom is -0.483 e. The monoisotopic (exact) mass is 298 g/mol. The average Bonchev–Trinajstić information content (AvgIpc) is 2.38. The van der Waals surface area contributed by atoms with Gasteiger partial charge in [0.1, 0.15) is 5.75 Å². The van der Waals surface area contributed by atoms with Gasteiger partial charge in [0.05, 0.1) is 4.47 Å². The molecule has 0 unspecified atom stereocenters. The first-order chi connectivity index (χ1) is 8.27. The summed E-state index contributed by atoms with van der Waals surface area (Å²) in [5.41, 5.74) is 0. The van der Waals surface area contributed by atoms with Crippen molar-refractivity contribution in [1.82, 2.24) is 10.2 Å². The van der Waals surface area contributed by atoms with E-state index in [4.69, 9.17) is 4.74 Å². The molecule has 1 saturated heterocycles. The molecule has 0 bridgehead atoms. The number of ether oxygens (including phenoxy) is 1. The zero-order chi connectivity index (χ0) is 12.1. The molecule has 17 heavy (non-hydrogen) atoms. The lowest BCUT2D eigenvalue weighted by Crippen LogP contribution is -2.47. The van der Waals surface area contributed by atoms with Crippen LogP contribution in [0.3, 0.4) is 0 Å². The van der Waals surface area contributed by atoms with Crippen molar-refractivity contribution in [2.24, 2.45) is 0 Å². The molecule has 0 radical (unpaired) electrons. The molecule has 1 aliphatic heterocycles. The van der Waals surface area contributed by atoms with Crippen LogP contribution in [0.15, 0.2) is 28.7 Å². The molecule has 1 fully saturated rings.